The summed E-state index contributed by atoms with van der Waals surface area (Å²) in [7, 11) is 2.96. The predicted molar refractivity (Wildman–Crippen MR) is 96.1 cm³/mol. The molecule has 0 aliphatic rings. The molecule has 0 saturated carbocycles. The summed E-state index contributed by atoms with van der Waals surface area (Å²) in [5, 5.41) is 2.76. The molecule has 0 aliphatic heterocycles. The summed E-state index contributed by atoms with van der Waals surface area (Å²) in [6.07, 6.45) is 4.13. The van der Waals surface area contributed by atoms with E-state index in [1.165, 1.54) is 30.0 Å². The van der Waals surface area contributed by atoms with Gasteiger partial charge in [-0.3, -0.25) is 14.2 Å². The summed E-state index contributed by atoms with van der Waals surface area (Å²) < 4.78 is 2.31. The molecule has 2 rings (SSSR count). The van der Waals surface area contributed by atoms with Crippen molar-refractivity contribution in [2.75, 3.05) is 12.3 Å². The molecular weight excluding hydrogens is 326 g/mol. The first-order valence-electron chi connectivity index (χ1n) is 7.39. The highest BCUT2D eigenvalue weighted by Gasteiger charge is 2.04. The number of rotatable bonds is 6. The van der Waals surface area contributed by atoms with Crippen molar-refractivity contribution in [1.29, 1.82) is 0 Å². The van der Waals surface area contributed by atoms with Crippen molar-refractivity contribution in [2.45, 2.75) is 4.90 Å². The minimum absolute atomic E-state index is 0.278. The lowest BCUT2D eigenvalue weighted by molar-refractivity contribution is -0.116. The van der Waals surface area contributed by atoms with Gasteiger partial charge in [0.1, 0.15) is 0 Å². The second-order valence-electron chi connectivity index (χ2n) is 5.13. The summed E-state index contributed by atoms with van der Waals surface area (Å²) >= 11 is 1.65. The number of nitrogens with zero attached hydrogens (tertiary/aromatic N) is 2. The maximum atomic E-state index is 11.9. The van der Waals surface area contributed by atoms with Gasteiger partial charge in [-0.2, -0.15) is 0 Å². The zero-order chi connectivity index (χ0) is 17.5. The lowest BCUT2D eigenvalue weighted by Gasteiger charge is -2.04. The molecule has 2 aromatic rings. The largest absolute Gasteiger partial charge is 0.352 e. The molecule has 1 aromatic carbocycles. The molecule has 0 unspecified atom stereocenters. The van der Waals surface area contributed by atoms with Crippen molar-refractivity contribution < 1.29 is 4.79 Å². The fraction of sp³-hybridized carbons (Fsp3) is 0.235. The quantitative estimate of drug-likeness (QED) is 0.482. The van der Waals surface area contributed by atoms with Crippen LogP contribution in [-0.2, 0) is 18.9 Å². The lowest BCUT2D eigenvalue weighted by Crippen LogP contribution is -2.37. The number of carbonyl (C=O) groups excluding carboxylic acids is 1. The second-order valence-corrected chi connectivity index (χ2v) is 6.30. The Morgan fingerprint density at radius 1 is 1.21 bits per heavy atom. The highest BCUT2D eigenvalue weighted by molar-refractivity contribution is 7.99. The number of nitrogens with one attached hydrogen (secondary N) is 1. The number of carbonyl (C=O) groups is 1. The van der Waals surface area contributed by atoms with Gasteiger partial charge in [-0.1, -0.05) is 18.2 Å². The van der Waals surface area contributed by atoms with E-state index in [-0.39, 0.29) is 11.5 Å². The molecule has 126 valence electrons. The Bertz CT molecular complexity index is 854. The molecule has 0 bridgehead atoms. The van der Waals surface area contributed by atoms with Crippen LogP contribution in [-0.4, -0.2) is 27.3 Å². The third-order valence-corrected chi connectivity index (χ3v) is 4.31. The average molecular weight is 345 g/mol. The predicted octanol–water partition coefficient (Wildman–Crippen LogP) is 1.01. The maximum Gasteiger partial charge on any atom is 0.330 e. The van der Waals surface area contributed by atoms with Crippen molar-refractivity contribution in [2.24, 2.45) is 14.1 Å². The first-order valence-corrected chi connectivity index (χ1v) is 8.38. The molecule has 7 heteroatoms. The highest BCUT2D eigenvalue weighted by atomic mass is 32.2. The molecule has 1 heterocycles. The third kappa shape index (κ3) is 4.73. The second kappa shape index (κ2) is 8.35. The third-order valence-electron chi connectivity index (χ3n) is 3.30. The van der Waals surface area contributed by atoms with Crippen LogP contribution in [0.4, 0.5) is 0 Å². The van der Waals surface area contributed by atoms with E-state index in [0.717, 1.165) is 15.2 Å². The van der Waals surface area contributed by atoms with Gasteiger partial charge < -0.3 is 9.88 Å². The van der Waals surface area contributed by atoms with E-state index in [0.29, 0.717) is 6.54 Å². The van der Waals surface area contributed by atoms with Gasteiger partial charge in [-0.25, -0.2) is 4.79 Å². The van der Waals surface area contributed by atoms with E-state index < -0.39 is 11.2 Å². The van der Waals surface area contributed by atoms with Gasteiger partial charge in [0.2, 0.25) is 5.91 Å². The number of hydrogen-bond acceptors (Lipinski definition) is 4. The topological polar surface area (TPSA) is 73.1 Å². The normalized spacial score (nSPS) is 10.9. The van der Waals surface area contributed by atoms with Crippen LogP contribution >= 0.6 is 11.8 Å². The average Bonchev–Trinajstić information content (AvgIpc) is 2.59. The van der Waals surface area contributed by atoms with Gasteiger partial charge in [0.25, 0.3) is 5.56 Å². The van der Waals surface area contributed by atoms with E-state index in [9.17, 15) is 14.4 Å². The number of benzene rings is 1. The van der Waals surface area contributed by atoms with E-state index in [1.807, 2.05) is 30.3 Å². The molecule has 1 aromatic heterocycles. The van der Waals surface area contributed by atoms with E-state index >= 15 is 0 Å². The molecule has 0 spiro atoms. The SMILES string of the molecule is Cn1cc(/C=C/C(=O)NCCSc2ccccc2)c(=O)n(C)c1=O. The molecular formula is C17H19N3O3S. The number of aromatic nitrogens is 2. The Morgan fingerprint density at radius 2 is 1.92 bits per heavy atom. The van der Waals surface area contributed by atoms with Gasteiger partial charge in [-0.15, -0.1) is 11.8 Å². The summed E-state index contributed by atoms with van der Waals surface area (Å²) in [5.41, 5.74) is -0.547. The monoisotopic (exact) mass is 345 g/mol. The van der Waals surface area contributed by atoms with Crippen LogP contribution in [0.3, 0.4) is 0 Å². The fourth-order valence-corrected chi connectivity index (χ4v) is 2.82. The minimum atomic E-state index is -0.429. The Morgan fingerprint density at radius 3 is 2.62 bits per heavy atom. The van der Waals surface area contributed by atoms with Crippen molar-refractivity contribution in [3.63, 3.8) is 0 Å². The van der Waals surface area contributed by atoms with Crippen LogP contribution < -0.4 is 16.6 Å². The highest BCUT2D eigenvalue weighted by Crippen LogP contribution is 2.15. The number of amides is 1. The fourth-order valence-electron chi connectivity index (χ4n) is 2.03. The maximum absolute atomic E-state index is 11.9. The van der Waals surface area contributed by atoms with E-state index in [2.05, 4.69) is 5.32 Å². The van der Waals surface area contributed by atoms with Crippen molar-refractivity contribution >= 4 is 23.7 Å². The van der Waals surface area contributed by atoms with E-state index in [4.69, 9.17) is 0 Å². The summed E-state index contributed by atoms with van der Waals surface area (Å²) in [6.45, 7) is 0.522. The molecule has 0 aliphatic carbocycles. The van der Waals surface area contributed by atoms with Crippen molar-refractivity contribution in [1.82, 2.24) is 14.5 Å². The minimum Gasteiger partial charge on any atom is -0.352 e. The van der Waals surface area contributed by atoms with Crippen LogP contribution in [0.1, 0.15) is 5.56 Å². The van der Waals surface area contributed by atoms with Crippen molar-refractivity contribution in [3.8, 4) is 0 Å². The Labute approximate surface area is 143 Å². The number of thioether (sulfide) groups is 1. The zero-order valence-corrected chi connectivity index (χ0v) is 14.4. The van der Waals surface area contributed by atoms with Crippen LogP contribution in [0.2, 0.25) is 0 Å². The Hall–Kier alpha value is -2.54. The Kier molecular flexibility index (Phi) is 6.20. The summed E-state index contributed by atoms with van der Waals surface area (Å²) in [4.78, 5) is 36.5. The standard InChI is InChI=1S/C17H19N3O3S/c1-19-12-13(16(22)20(2)17(19)23)8-9-15(21)18-10-11-24-14-6-4-3-5-7-14/h3-9,12H,10-11H2,1-2H3,(H,18,21)/b9-8+. The molecule has 24 heavy (non-hydrogen) atoms. The smallest absolute Gasteiger partial charge is 0.330 e. The molecule has 0 saturated heterocycles. The van der Waals surface area contributed by atoms with Gasteiger partial charge in [0.05, 0.1) is 5.56 Å². The van der Waals surface area contributed by atoms with Gasteiger partial charge in [0.15, 0.2) is 0 Å². The van der Waals surface area contributed by atoms with Crippen molar-refractivity contribution in [3.05, 3.63) is 69.0 Å². The number of aryl methyl sites for hydroxylation is 1. The van der Waals surface area contributed by atoms with E-state index in [1.54, 1.807) is 18.8 Å². The molecule has 0 atom stereocenters. The van der Waals surface area contributed by atoms with Crippen LogP contribution in [0, 0.1) is 0 Å². The van der Waals surface area contributed by atoms with Crippen LogP contribution in [0.15, 0.2) is 57.1 Å². The zero-order valence-electron chi connectivity index (χ0n) is 13.6. The first kappa shape index (κ1) is 17.8. The molecule has 0 radical (unpaired) electrons. The Balaban J connectivity index is 1.87. The molecule has 6 nitrogen and oxygen atoms in total. The molecule has 1 N–H and O–H groups in total. The van der Waals surface area contributed by atoms with Gasteiger partial charge >= 0.3 is 5.69 Å². The molecule has 0 fully saturated rings. The van der Waals surface area contributed by atoms with Gasteiger partial charge in [-0.05, 0) is 18.2 Å². The van der Waals surface area contributed by atoms with Crippen LogP contribution in [0.5, 0.6) is 0 Å². The molecule has 1 amide bonds. The summed E-state index contributed by atoms with van der Waals surface area (Å²) in [5.74, 6) is 0.477. The first-order chi connectivity index (χ1) is 11.5. The number of hydrogen-bond donors (Lipinski definition) is 1. The summed E-state index contributed by atoms with van der Waals surface area (Å²) in [6, 6.07) is 9.93. The lowest BCUT2D eigenvalue weighted by atomic mass is 10.3. The van der Waals surface area contributed by atoms with Crippen LogP contribution in [0.25, 0.3) is 6.08 Å². The van der Waals surface area contributed by atoms with Gasteiger partial charge in [0, 0.05) is 43.6 Å².